The summed E-state index contributed by atoms with van der Waals surface area (Å²) in [5.74, 6) is 1.17. The molecule has 0 fully saturated rings. The summed E-state index contributed by atoms with van der Waals surface area (Å²) >= 11 is 0. The molecule has 108 valence electrons. The van der Waals surface area contributed by atoms with Crippen LogP contribution in [0.2, 0.25) is 0 Å². The molecule has 3 rings (SSSR count). The summed E-state index contributed by atoms with van der Waals surface area (Å²) in [5, 5.41) is 18.2. The fourth-order valence-electron chi connectivity index (χ4n) is 1.89. The summed E-state index contributed by atoms with van der Waals surface area (Å²) in [7, 11) is 1.90. The van der Waals surface area contributed by atoms with Crippen molar-refractivity contribution in [2.45, 2.75) is 19.4 Å². The van der Waals surface area contributed by atoms with Crippen LogP contribution in [0.5, 0.6) is 0 Å². The molecule has 1 N–H and O–H groups in total. The minimum Gasteiger partial charge on any atom is -0.334 e. The van der Waals surface area contributed by atoms with Crippen LogP contribution in [0.3, 0.4) is 0 Å². The minimum absolute atomic E-state index is 0.294. The van der Waals surface area contributed by atoms with Gasteiger partial charge in [-0.1, -0.05) is 11.2 Å². The highest BCUT2D eigenvalue weighted by Gasteiger charge is 2.12. The Morgan fingerprint density at radius 3 is 3.05 bits per heavy atom. The largest absolute Gasteiger partial charge is 0.334 e. The molecule has 1 unspecified atom stereocenters. The second-order valence-corrected chi connectivity index (χ2v) is 4.71. The lowest BCUT2D eigenvalue weighted by atomic mass is 10.2. The van der Waals surface area contributed by atoms with Crippen LogP contribution in [0.15, 0.2) is 35.1 Å². The standard InChI is InChI=1S/C13H15N7O/c1-9(14-2)6-12-16-13(21-17-12)10-4-3-5-11(7-10)20-8-15-18-19-20/h3-5,7-9,14H,6H2,1-2H3. The molecule has 0 saturated carbocycles. The number of benzene rings is 1. The van der Waals surface area contributed by atoms with E-state index in [1.165, 1.54) is 6.33 Å². The van der Waals surface area contributed by atoms with Gasteiger partial charge in [-0.25, -0.2) is 4.68 Å². The van der Waals surface area contributed by atoms with E-state index in [2.05, 4.69) is 37.9 Å². The molecule has 0 spiro atoms. The van der Waals surface area contributed by atoms with Crippen LogP contribution in [0.4, 0.5) is 0 Å². The lowest BCUT2D eigenvalue weighted by molar-refractivity contribution is 0.418. The molecule has 1 aromatic carbocycles. The fourth-order valence-corrected chi connectivity index (χ4v) is 1.89. The Morgan fingerprint density at radius 2 is 2.29 bits per heavy atom. The molecule has 0 aliphatic rings. The molecule has 0 amide bonds. The lowest BCUT2D eigenvalue weighted by Crippen LogP contribution is -2.24. The van der Waals surface area contributed by atoms with Gasteiger partial charge in [0.2, 0.25) is 0 Å². The van der Waals surface area contributed by atoms with Crippen molar-refractivity contribution in [3.05, 3.63) is 36.4 Å². The Balaban J connectivity index is 1.86. The van der Waals surface area contributed by atoms with Crippen LogP contribution in [-0.2, 0) is 6.42 Å². The summed E-state index contributed by atoms with van der Waals surface area (Å²) < 4.78 is 6.89. The van der Waals surface area contributed by atoms with Gasteiger partial charge in [0, 0.05) is 18.0 Å². The zero-order valence-corrected chi connectivity index (χ0v) is 11.8. The van der Waals surface area contributed by atoms with E-state index in [1.54, 1.807) is 4.68 Å². The number of nitrogens with one attached hydrogen (secondary N) is 1. The van der Waals surface area contributed by atoms with Gasteiger partial charge in [0.15, 0.2) is 5.82 Å². The predicted octanol–water partition coefficient (Wildman–Crippen LogP) is 0.863. The highest BCUT2D eigenvalue weighted by molar-refractivity contribution is 5.57. The monoisotopic (exact) mass is 285 g/mol. The Kier molecular flexibility index (Phi) is 3.69. The Morgan fingerprint density at radius 1 is 1.38 bits per heavy atom. The molecule has 8 heteroatoms. The number of nitrogens with zero attached hydrogens (tertiary/aromatic N) is 6. The van der Waals surface area contributed by atoms with Crippen molar-refractivity contribution in [1.82, 2.24) is 35.7 Å². The molecule has 1 atom stereocenters. The number of tetrazole rings is 1. The first-order chi connectivity index (χ1) is 10.3. The summed E-state index contributed by atoms with van der Waals surface area (Å²) in [6.45, 7) is 2.06. The van der Waals surface area contributed by atoms with Gasteiger partial charge in [0.05, 0.1) is 5.69 Å². The van der Waals surface area contributed by atoms with Crippen LogP contribution >= 0.6 is 0 Å². The van der Waals surface area contributed by atoms with E-state index in [0.29, 0.717) is 24.2 Å². The van der Waals surface area contributed by atoms with Crippen LogP contribution in [0, 0.1) is 0 Å². The predicted molar refractivity (Wildman–Crippen MR) is 74.7 cm³/mol. The topological polar surface area (TPSA) is 94.6 Å². The number of likely N-dealkylation sites (N-methyl/N-ethyl adjacent to an activating group) is 1. The lowest BCUT2D eigenvalue weighted by Gasteiger charge is -2.04. The van der Waals surface area contributed by atoms with E-state index in [0.717, 1.165) is 11.3 Å². The number of hydrogen-bond donors (Lipinski definition) is 1. The molecule has 2 heterocycles. The van der Waals surface area contributed by atoms with E-state index in [4.69, 9.17) is 4.52 Å². The molecular weight excluding hydrogens is 270 g/mol. The maximum absolute atomic E-state index is 5.32. The molecule has 0 aliphatic carbocycles. The number of aromatic nitrogens is 6. The summed E-state index contributed by atoms with van der Waals surface area (Å²) in [6, 6.07) is 7.90. The number of hydrogen-bond acceptors (Lipinski definition) is 7. The first-order valence-corrected chi connectivity index (χ1v) is 6.60. The Bertz CT molecular complexity index is 707. The molecule has 3 aromatic rings. The van der Waals surface area contributed by atoms with E-state index >= 15 is 0 Å². The van der Waals surface area contributed by atoms with Gasteiger partial charge < -0.3 is 9.84 Å². The third kappa shape index (κ3) is 2.95. The van der Waals surface area contributed by atoms with E-state index in [-0.39, 0.29) is 0 Å². The molecule has 0 aliphatic heterocycles. The second kappa shape index (κ2) is 5.80. The average molecular weight is 285 g/mol. The highest BCUT2D eigenvalue weighted by atomic mass is 16.5. The van der Waals surface area contributed by atoms with Gasteiger partial charge in [0.1, 0.15) is 6.33 Å². The van der Waals surface area contributed by atoms with Gasteiger partial charge in [-0.2, -0.15) is 4.98 Å². The van der Waals surface area contributed by atoms with Crippen molar-refractivity contribution >= 4 is 0 Å². The van der Waals surface area contributed by atoms with Crippen molar-refractivity contribution in [2.24, 2.45) is 0 Å². The van der Waals surface area contributed by atoms with Gasteiger partial charge in [-0.3, -0.25) is 0 Å². The Labute approximate surface area is 121 Å². The first-order valence-electron chi connectivity index (χ1n) is 6.60. The van der Waals surface area contributed by atoms with Gasteiger partial charge >= 0.3 is 0 Å². The molecule has 2 aromatic heterocycles. The third-order valence-electron chi connectivity index (χ3n) is 3.16. The molecule has 0 bridgehead atoms. The average Bonchev–Trinajstić information content (AvgIpc) is 3.19. The van der Waals surface area contributed by atoms with Gasteiger partial charge in [0.25, 0.3) is 5.89 Å². The van der Waals surface area contributed by atoms with E-state index in [1.807, 2.05) is 31.3 Å². The van der Waals surface area contributed by atoms with Crippen LogP contribution in [-0.4, -0.2) is 43.4 Å². The molecule has 0 radical (unpaired) electrons. The molecule has 21 heavy (non-hydrogen) atoms. The van der Waals surface area contributed by atoms with Crippen molar-refractivity contribution in [1.29, 1.82) is 0 Å². The summed E-state index contributed by atoms with van der Waals surface area (Å²) in [4.78, 5) is 4.41. The quantitative estimate of drug-likeness (QED) is 0.743. The van der Waals surface area contributed by atoms with Crippen molar-refractivity contribution < 1.29 is 4.52 Å². The smallest absolute Gasteiger partial charge is 0.257 e. The maximum Gasteiger partial charge on any atom is 0.257 e. The van der Waals surface area contributed by atoms with Crippen molar-refractivity contribution in [3.8, 4) is 17.1 Å². The maximum atomic E-state index is 5.32. The summed E-state index contributed by atoms with van der Waals surface area (Å²) in [6.07, 6.45) is 2.25. The van der Waals surface area contributed by atoms with Crippen molar-refractivity contribution in [2.75, 3.05) is 7.05 Å². The van der Waals surface area contributed by atoms with Crippen molar-refractivity contribution in [3.63, 3.8) is 0 Å². The SMILES string of the molecule is CNC(C)Cc1noc(-c2cccc(-n3cnnn3)c2)n1. The van der Waals surface area contributed by atoms with Crippen LogP contribution in [0.1, 0.15) is 12.7 Å². The zero-order chi connectivity index (χ0) is 14.7. The van der Waals surface area contributed by atoms with Gasteiger partial charge in [-0.15, -0.1) is 5.10 Å². The van der Waals surface area contributed by atoms with E-state index < -0.39 is 0 Å². The first kappa shape index (κ1) is 13.4. The normalized spacial score (nSPS) is 12.5. The van der Waals surface area contributed by atoms with E-state index in [9.17, 15) is 0 Å². The molecular formula is C13H15N7O. The minimum atomic E-state index is 0.294. The van der Waals surface area contributed by atoms with Gasteiger partial charge in [-0.05, 0) is 42.6 Å². The zero-order valence-electron chi connectivity index (χ0n) is 11.8. The highest BCUT2D eigenvalue weighted by Crippen LogP contribution is 2.20. The summed E-state index contributed by atoms with van der Waals surface area (Å²) in [5.41, 5.74) is 1.67. The Hall–Kier alpha value is -2.61. The third-order valence-corrected chi connectivity index (χ3v) is 3.16. The molecule has 0 saturated heterocycles. The number of rotatable bonds is 5. The van der Waals surface area contributed by atoms with Crippen LogP contribution in [0.25, 0.3) is 17.1 Å². The second-order valence-electron chi connectivity index (χ2n) is 4.71. The fraction of sp³-hybridized carbons (Fsp3) is 0.308. The molecule has 8 nitrogen and oxygen atoms in total. The van der Waals surface area contributed by atoms with Crippen LogP contribution < -0.4 is 5.32 Å².